The van der Waals surface area contributed by atoms with Gasteiger partial charge in [-0.25, -0.2) is 8.42 Å². The lowest BCUT2D eigenvalue weighted by Gasteiger charge is -2.28. The summed E-state index contributed by atoms with van der Waals surface area (Å²) in [5, 5.41) is 7.87. The van der Waals surface area contributed by atoms with Crippen LogP contribution in [0.25, 0.3) is 0 Å². The van der Waals surface area contributed by atoms with Crippen LogP contribution in [0.3, 0.4) is 0 Å². The first-order valence-electron chi connectivity index (χ1n) is 5.16. The lowest BCUT2D eigenvalue weighted by Crippen LogP contribution is -2.46. The summed E-state index contributed by atoms with van der Waals surface area (Å²) >= 11 is 4.71. The number of sulfonamides is 1. The molecule has 16 heavy (non-hydrogen) atoms. The minimum atomic E-state index is -3.52. The predicted octanol–water partition coefficient (Wildman–Crippen LogP) is 0.0836. The van der Waals surface area contributed by atoms with Crippen LogP contribution in [0.15, 0.2) is 0 Å². The standard InChI is InChI=1S/C9H20N2O3S2/c1-7(2)11(5-4-6-12)16(13,14)8(3)9(10)15/h7-8,12H,4-6H2,1-3H3,(H2,10,15). The molecule has 0 aromatic heterocycles. The lowest BCUT2D eigenvalue weighted by molar-refractivity contribution is 0.258. The molecule has 0 aliphatic heterocycles. The van der Waals surface area contributed by atoms with Crippen molar-refractivity contribution < 1.29 is 13.5 Å². The van der Waals surface area contributed by atoms with Crippen molar-refractivity contribution in [1.82, 2.24) is 4.31 Å². The normalized spacial score (nSPS) is 14.4. The summed E-state index contributed by atoms with van der Waals surface area (Å²) in [5.74, 6) is 0. The SMILES string of the molecule is CC(C)N(CCCO)S(=O)(=O)C(C)C(N)=S. The maximum Gasteiger partial charge on any atom is 0.223 e. The lowest BCUT2D eigenvalue weighted by atomic mass is 10.3. The molecule has 0 radical (unpaired) electrons. The van der Waals surface area contributed by atoms with Crippen LogP contribution in [-0.2, 0) is 10.0 Å². The summed E-state index contributed by atoms with van der Waals surface area (Å²) < 4.78 is 25.5. The maximum atomic E-state index is 12.1. The molecule has 0 fully saturated rings. The zero-order valence-corrected chi connectivity index (χ0v) is 11.5. The van der Waals surface area contributed by atoms with Gasteiger partial charge in [0.2, 0.25) is 10.0 Å². The van der Waals surface area contributed by atoms with Crippen molar-refractivity contribution >= 4 is 27.2 Å². The second-order valence-electron chi connectivity index (χ2n) is 3.87. The summed E-state index contributed by atoms with van der Waals surface area (Å²) in [6.07, 6.45) is 0.404. The number of thiocarbonyl (C=S) groups is 1. The Kier molecular flexibility index (Phi) is 6.39. The first-order valence-corrected chi connectivity index (χ1v) is 7.07. The summed E-state index contributed by atoms with van der Waals surface area (Å²) in [7, 11) is -3.52. The second kappa shape index (κ2) is 6.48. The number of aliphatic hydroxyl groups is 1. The van der Waals surface area contributed by atoms with Gasteiger partial charge in [-0.05, 0) is 27.2 Å². The van der Waals surface area contributed by atoms with Crippen LogP contribution in [0.5, 0.6) is 0 Å². The molecule has 1 unspecified atom stereocenters. The minimum absolute atomic E-state index is 0.0327. The number of hydrogen-bond donors (Lipinski definition) is 2. The van der Waals surface area contributed by atoms with Gasteiger partial charge < -0.3 is 10.8 Å². The Balaban J connectivity index is 4.97. The van der Waals surface area contributed by atoms with E-state index in [1.165, 1.54) is 11.2 Å². The number of nitrogens with two attached hydrogens (primary N) is 1. The van der Waals surface area contributed by atoms with Crippen LogP contribution in [-0.4, -0.2) is 47.3 Å². The molecule has 0 saturated heterocycles. The van der Waals surface area contributed by atoms with Gasteiger partial charge in [-0.15, -0.1) is 0 Å². The van der Waals surface area contributed by atoms with Crippen molar-refractivity contribution in [3.05, 3.63) is 0 Å². The van der Waals surface area contributed by atoms with E-state index >= 15 is 0 Å². The molecule has 0 spiro atoms. The van der Waals surface area contributed by atoms with Gasteiger partial charge in [0.25, 0.3) is 0 Å². The van der Waals surface area contributed by atoms with Crippen LogP contribution in [0, 0.1) is 0 Å². The summed E-state index contributed by atoms with van der Waals surface area (Å²) in [4.78, 5) is -0.0327. The number of nitrogens with zero attached hydrogens (tertiary/aromatic N) is 1. The highest BCUT2D eigenvalue weighted by molar-refractivity contribution is 7.92. The highest BCUT2D eigenvalue weighted by Crippen LogP contribution is 2.13. The third kappa shape index (κ3) is 3.97. The van der Waals surface area contributed by atoms with Crippen molar-refractivity contribution in [2.24, 2.45) is 5.73 Å². The zero-order valence-electron chi connectivity index (χ0n) is 9.88. The third-order valence-corrected chi connectivity index (χ3v) is 5.20. The molecule has 0 aromatic rings. The van der Waals surface area contributed by atoms with Gasteiger partial charge in [0.1, 0.15) is 5.25 Å². The second-order valence-corrected chi connectivity index (χ2v) is 6.55. The van der Waals surface area contributed by atoms with Gasteiger partial charge in [0, 0.05) is 19.2 Å². The van der Waals surface area contributed by atoms with Crippen LogP contribution in [0.2, 0.25) is 0 Å². The maximum absolute atomic E-state index is 12.1. The molecule has 3 N–H and O–H groups in total. The number of rotatable bonds is 7. The molecule has 0 aliphatic carbocycles. The van der Waals surface area contributed by atoms with E-state index in [1.807, 2.05) is 0 Å². The van der Waals surface area contributed by atoms with E-state index in [0.29, 0.717) is 6.42 Å². The largest absolute Gasteiger partial charge is 0.396 e. The Labute approximate surface area is 103 Å². The molecule has 0 amide bonds. The minimum Gasteiger partial charge on any atom is -0.396 e. The van der Waals surface area contributed by atoms with Crippen molar-refractivity contribution in [1.29, 1.82) is 0 Å². The highest BCUT2D eigenvalue weighted by atomic mass is 32.2. The van der Waals surface area contributed by atoms with E-state index < -0.39 is 15.3 Å². The smallest absolute Gasteiger partial charge is 0.223 e. The summed E-state index contributed by atoms with van der Waals surface area (Å²) in [6.45, 7) is 5.28. The Morgan fingerprint density at radius 1 is 1.44 bits per heavy atom. The fraction of sp³-hybridized carbons (Fsp3) is 0.889. The molecular weight excluding hydrogens is 248 g/mol. The number of hydrogen-bond acceptors (Lipinski definition) is 4. The van der Waals surface area contributed by atoms with E-state index in [-0.39, 0.29) is 24.2 Å². The van der Waals surface area contributed by atoms with Gasteiger partial charge in [-0.2, -0.15) is 4.31 Å². The predicted molar refractivity (Wildman–Crippen MR) is 68.7 cm³/mol. The highest BCUT2D eigenvalue weighted by Gasteiger charge is 2.31. The first kappa shape index (κ1) is 15.8. The van der Waals surface area contributed by atoms with Gasteiger partial charge in [0.05, 0.1) is 4.99 Å². The monoisotopic (exact) mass is 268 g/mol. The molecule has 1 atom stereocenters. The van der Waals surface area contributed by atoms with Gasteiger partial charge in [-0.1, -0.05) is 12.2 Å². The Hall–Kier alpha value is -0.240. The van der Waals surface area contributed by atoms with E-state index in [1.54, 1.807) is 13.8 Å². The fourth-order valence-electron chi connectivity index (χ4n) is 1.26. The third-order valence-electron chi connectivity index (χ3n) is 2.29. The van der Waals surface area contributed by atoms with Crippen LogP contribution < -0.4 is 5.73 Å². The van der Waals surface area contributed by atoms with E-state index in [9.17, 15) is 8.42 Å². The molecule has 0 aliphatic rings. The average Bonchev–Trinajstić information content (AvgIpc) is 2.16. The van der Waals surface area contributed by atoms with E-state index in [2.05, 4.69) is 0 Å². The van der Waals surface area contributed by atoms with Crippen LogP contribution in [0.4, 0.5) is 0 Å². The van der Waals surface area contributed by atoms with Crippen LogP contribution >= 0.6 is 12.2 Å². The first-order chi connectivity index (χ1) is 7.25. The topological polar surface area (TPSA) is 83.6 Å². The van der Waals surface area contributed by atoms with Crippen molar-refractivity contribution in [3.8, 4) is 0 Å². The molecule has 0 saturated carbocycles. The van der Waals surface area contributed by atoms with Crippen LogP contribution in [0.1, 0.15) is 27.2 Å². The molecular formula is C9H20N2O3S2. The quantitative estimate of drug-likeness (QED) is 0.639. The molecule has 0 aromatic carbocycles. The van der Waals surface area contributed by atoms with Crippen molar-refractivity contribution in [3.63, 3.8) is 0 Å². The molecule has 7 heteroatoms. The van der Waals surface area contributed by atoms with Crippen molar-refractivity contribution in [2.45, 2.75) is 38.5 Å². The Morgan fingerprint density at radius 2 is 1.94 bits per heavy atom. The Morgan fingerprint density at radius 3 is 2.25 bits per heavy atom. The van der Waals surface area contributed by atoms with Gasteiger partial charge >= 0.3 is 0 Å². The number of aliphatic hydroxyl groups excluding tert-OH is 1. The molecule has 96 valence electrons. The fourth-order valence-corrected chi connectivity index (χ4v) is 3.29. The van der Waals surface area contributed by atoms with E-state index in [4.69, 9.17) is 23.1 Å². The van der Waals surface area contributed by atoms with Crippen molar-refractivity contribution in [2.75, 3.05) is 13.2 Å². The molecule has 0 heterocycles. The average molecular weight is 268 g/mol. The van der Waals surface area contributed by atoms with Gasteiger partial charge in [0.15, 0.2) is 0 Å². The van der Waals surface area contributed by atoms with Gasteiger partial charge in [-0.3, -0.25) is 0 Å². The Bertz CT molecular complexity index is 328. The molecule has 0 rings (SSSR count). The summed E-state index contributed by atoms with van der Waals surface area (Å²) in [6, 6.07) is -0.173. The van der Waals surface area contributed by atoms with E-state index in [0.717, 1.165) is 0 Å². The molecule has 0 bridgehead atoms. The molecule has 5 nitrogen and oxygen atoms in total. The summed E-state index contributed by atoms with van der Waals surface area (Å²) in [5.41, 5.74) is 5.36. The zero-order chi connectivity index (χ0) is 12.9.